The number of hydrogen-bond acceptors (Lipinski definition) is 5. The number of ether oxygens (including phenoxy) is 1. The fourth-order valence-electron chi connectivity index (χ4n) is 3.43. The minimum Gasteiger partial charge on any atom is -0.487 e. The zero-order valence-electron chi connectivity index (χ0n) is 15.1. The van der Waals surface area contributed by atoms with E-state index in [1.807, 2.05) is 0 Å². The summed E-state index contributed by atoms with van der Waals surface area (Å²) in [6, 6.07) is 3.45. The zero-order valence-corrected chi connectivity index (χ0v) is 15.1. The molecular weight excluding hydrogens is 359 g/mol. The Morgan fingerprint density at radius 2 is 2.07 bits per heavy atom. The number of aromatic nitrogens is 1. The molecule has 8 heteroatoms. The first-order valence-corrected chi connectivity index (χ1v) is 8.92. The molecule has 0 bridgehead atoms. The van der Waals surface area contributed by atoms with Gasteiger partial charge in [0, 0.05) is 12.2 Å². The van der Waals surface area contributed by atoms with Crippen LogP contribution in [-0.4, -0.2) is 42.2 Å². The second-order valence-corrected chi connectivity index (χ2v) is 6.68. The van der Waals surface area contributed by atoms with Gasteiger partial charge in [-0.1, -0.05) is 0 Å². The first-order chi connectivity index (χ1) is 12.9. The predicted octanol–water partition coefficient (Wildman–Crippen LogP) is 3.72. The Labute approximate surface area is 155 Å². The summed E-state index contributed by atoms with van der Waals surface area (Å²) in [6.07, 6.45) is 1.53. The SMILES string of the molecule is Cc1ccc(OCC2=C(C3=CCNN3CC(F)(F)F)CCCC2)c(C=O)n1. The standard InChI is InChI=1S/C19H22F3N3O2/c1-13-6-7-18(16(10-26)24-13)27-11-14-4-2-3-5-15(14)17-8-9-23-25(17)12-19(20,21)22/h6-8,10,23H,2-5,9,11-12H2,1H3. The molecule has 1 aromatic heterocycles. The van der Waals surface area contributed by atoms with Gasteiger partial charge in [-0.2, -0.15) is 13.2 Å². The number of pyridine rings is 1. The summed E-state index contributed by atoms with van der Waals surface area (Å²) in [7, 11) is 0. The van der Waals surface area contributed by atoms with Gasteiger partial charge >= 0.3 is 6.18 Å². The van der Waals surface area contributed by atoms with Crippen molar-refractivity contribution in [3.8, 4) is 5.75 Å². The van der Waals surface area contributed by atoms with Gasteiger partial charge < -0.3 is 4.74 Å². The lowest BCUT2D eigenvalue weighted by Gasteiger charge is -2.29. The summed E-state index contributed by atoms with van der Waals surface area (Å²) in [4.78, 5) is 15.3. The number of hydrazine groups is 1. The normalized spacial score (nSPS) is 17.9. The molecule has 0 unspecified atom stereocenters. The Morgan fingerprint density at radius 3 is 2.81 bits per heavy atom. The van der Waals surface area contributed by atoms with Crippen molar-refractivity contribution < 1.29 is 22.7 Å². The van der Waals surface area contributed by atoms with Crippen molar-refractivity contribution in [3.05, 3.63) is 46.4 Å². The van der Waals surface area contributed by atoms with E-state index in [1.54, 1.807) is 25.1 Å². The number of aryl methyl sites for hydroxylation is 1. The first kappa shape index (κ1) is 19.4. The van der Waals surface area contributed by atoms with Crippen molar-refractivity contribution in [2.24, 2.45) is 0 Å². The fourth-order valence-corrected chi connectivity index (χ4v) is 3.43. The molecular formula is C19H22F3N3O2. The second-order valence-electron chi connectivity index (χ2n) is 6.68. The van der Waals surface area contributed by atoms with Crippen LogP contribution in [0.2, 0.25) is 0 Å². The zero-order chi connectivity index (χ0) is 19.4. The van der Waals surface area contributed by atoms with E-state index in [9.17, 15) is 18.0 Å². The quantitative estimate of drug-likeness (QED) is 0.762. The van der Waals surface area contributed by atoms with Crippen molar-refractivity contribution in [1.29, 1.82) is 0 Å². The van der Waals surface area contributed by atoms with Gasteiger partial charge in [0.05, 0.1) is 5.70 Å². The van der Waals surface area contributed by atoms with E-state index < -0.39 is 12.7 Å². The van der Waals surface area contributed by atoms with Gasteiger partial charge in [-0.25, -0.2) is 10.4 Å². The lowest BCUT2D eigenvalue weighted by atomic mass is 9.90. The van der Waals surface area contributed by atoms with Gasteiger partial charge in [-0.05, 0) is 62.0 Å². The van der Waals surface area contributed by atoms with Gasteiger partial charge in [0.1, 0.15) is 24.6 Å². The van der Waals surface area contributed by atoms with E-state index >= 15 is 0 Å². The minimum absolute atomic E-state index is 0.230. The number of aldehydes is 1. The third kappa shape index (κ3) is 4.88. The number of alkyl halides is 3. The van der Waals surface area contributed by atoms with Crippen molar-refractivity contribution in [3.63, 3.8) is 0 Å². The van der Waals surface area contributed by atoms with Crippen LogP contribution >= 0.6 is 0 Å². The lowest BCUT2D eigenvalue weighted by Crippen LogP contribution is -2.40. The van der Waals surface area contributed by atoms with Crippen LogP contribution in [0.25, 0.3) is 0 Å². The summed E-state index contributed by atoms with van der Waals surface area (Å²) in [5.41, 5.74) is 6.18. The number of carbonyl (C=O) groups excluding carboxylic acids is 1. The van der Waals surface area contributed by atoms with Crippen LogP contribution in [0.1, 0.15) is 41.9 Å². The molecule has 0 saturated carbocycles. The monoisotopic (exact) mass is 381 g/mol. The number of hydrogen-bond donors (Lipinski definition) is 1. The smallest absolute Gasteiger partial charge is 0.407 e. The van der Waals surface area contributed by atoms with Crippen LogP contribution in [-0.2, 0) is 0 Å². The maximum absolute atomic E-state index is 12.8. The van der Waals surface area contributed by atoms with Gasteiger partial charge in [-0.3, -0.25) is 9.80 Å². The van der Waals surface area contributed by atoms with E-state index in [1.165, 1.54) is 5.01 Å². The Balaban J connectivity index is 1.80. The molecule has 0 fully saturated rings. The van der Waals surface area contributed by atoms with Gasteiger partial charge in [0.25, 0.3) is 0 Å². The Bertz CT molecular complexity index is 772. The Kier molecular flexibility index (Phi) is 5.84. The molecule has 0 aromatic carbocycles. The minimum atomic E-state index is -4.28. The van der Waals surface area contributed by atoms with Crippen molar-refractivity contribution in [2.45, 2.75) is 38.8 Å². The largest absolute Gasteiger partial charge is 0.487 e. The maximum Gasteiger partial charge on any atom is 0.407 e. The summed E-state index contributed by atoms with van der Waals surface area (Å²) in [5, 5.41) is 1.17. The summed E-state index contributed by atoms with van der Waals surface area (Å²) >= 11 is 0. The van der Waals surface area contributed by atoms with Crippen LogP contribution in [0.3, 0.4) is 0 Å². The molecule has 0 saturated heterocycles. The molecule has 0 spiro atoms. The molecule has 5 nitrogen and oxygen atoms in total. The van der Waals surface area contributed by atoms with Gasteiger partial charge in [0.15, 0.2) is 6.29 Å². The van der Waals surface area contributed by atoms with E-state index in [0.29, 0.717) is 36.4 Å². The topological polar surface area (TPSA) is 54.5 Å². The highest BCUT2D eigenvalue weighted by molar-refractivity contribution is 5.76. The Hall–Kier alpha value is -2.35. The third-order valence-electron chi connectivity index (χ3n) is 4.64. The highest BCUT2D eigenvalue weighted by Crippen LogP contribution is 2.34. The molecule has 146 valence electrons. The lowest BCUT2D eigenvalue weighted by molar-refractivity contribution is -0.145. The average Bonchev–Trinajstić information content (AvgIpc) is 3.06. The van der Waals surface area contributed by atoms with Crippen LogP contribution in [0.5, 0.6) is 5.75 Å². The number of nitrogens with one attached hydrogen (secondary N) is 1. The molecule has 1 N–H and O–H groups in total. The van der Waals surface area contributed by atoms with Crippen molar-refractivity contribution in [1.82, 2.24) is 15.4 Å². The number of allylic oxidation sites excluding steroid dienone is 1. The molecule has 0 atom stereocenters. The molecule has 3 rings (SSSR count). The first-order valence-electron chi connectivity index (χ1n) is 8.92. The number of carbonyl (C=O) groups is 1. The maximum atomic E-state index is 12.8. The van der Waals surface area contributed by atoms with Crippen molar-refractivity contribution in [2.75, 3.05) is 19.7 Å². The van der Waals surface area contributed by atoms with E-state index in [4.69, 9.17) is 4.74 Å². The van der Waals surface area contributed by atoms with Crippen LogP contribution in [0.4, 0.5) is 13.2 Å². The van der Waals surface area contributed by atoms with E-state index in [2.05, 4.69) is 10.4 Å². The average molecular weight is 381 g/mol. The van der Waals surface area contributed by atoms with Crippen LogP contribution < -0.4 is 10.2 Å². The molecule has 1 aliphatic carbocycles. The molecule has 27 heavy (non-hydrogen) atoms. The Morgan fingerprint density at radius 1 is 1.30 bits per heavy atom. The number of nitrogens with zero attached hydrogens (tertiary/aromatic N) is 2. The number of halogens is 3. The molecule has 1 aromatic rings. The van der Waals surface area contributed by atoms with Crippen LogP contribution in [0.15, 0.2) is 35.1 Å². The predicted molar refractivity (Wildman–Crippen MR) is 94.2 cm³/mol. The summed E-state index contributed by atoms with van der Waals surface area (Å²) in [5.74, 6) is 0.388. The highest BCUT2D eigenvalue weighted by Gasteiger charge is 2.34. The fraction of sp³-hybridized carbons (Fsp3) is 0.474. The van der Waals surface area contributed by atoms with E-state index in [-0.39, 0.29) is 12.3 Å². The molecule has 0 radical (unpaired) electrons. The van der Waals surface area contributed by atoms with Crippen LogP contribution in [0, 0.1) is 6.92 Å². The van der Waals surface area contributed by atoms with Gasteiger partial charge in [-0.15, -0.1) is 0 Å². The highest BCUT2D eigenvalue weighted by atomic mass is 19.4. The molecule has 2 heterocycles. The number of rotatable bonds is 6. The summed E-state index contributed by atoms with van der Waals surface area (Å²) < 4.78 is 44.3. The molecule has 2 aliphatic rings. The van der Waals surface area contributed by atoms with Crippen molar-refractivity contribution >= 4 is 6.29 Å². The third-order valence-corrected chi connectivity index (χ3v) is 4.64. The molecule has 0 amide bonds. The summed E-state index contributed by atoms with van der Waals surface area (Å²) in [6.45, 7) is 1.36. The molecule has 1 aliphatic heterocycles. The van der Waals surface area contributed by atoms with E-state index in [0.717, 1.165) is 30.4 Å². The second kappa shape index (κ2) is 8.12. The van der Waals surface area contributed by atoms with Gasteiger partial charge in [0.2, 0.25) is 0 Å².